The predicted octanol–water partition coefficient (Wildman–Crippen LogP) is 1.43. The quantitative estimate of drug-likeness (QED) is 0.843. The Kier molecular flexibility index (Phi) is 5.54. The van der Waals surface area contributed by atoms with E-state index in [0.29, 0.717) is 17.8 Å². The number of nitrogens with zero attached hydrogens (tertiary/aromatic N) is 2. The summed E-state index contributed by atoms with van der Waals surface area (Å²) in [5.74, 6) is 1.29. The van der Waals surface area contributed by atoms with E-state index >= 15 is 0 Å². The molecule has 1 N–H and O–H groups in total. The van der Waals surface area contributed by atoms with Gasteiger partial charge in [-0.15, -0.1) is 0 Å². The Morgan fingerprint density at radius 2 is 2.21 bits per heavy atom. The highest BCUT2D eigenvalue weighted by Crippen LogP contribution is 2.21. The molecule has 2 heterocycles. The minimum absolute atomic E-state index is 0.452. The number of rotatable bonds is 6. The lowest BCUT2D eigenvalue weighted by atomic mass is 9.89. The van der Waals surface area contributed by atoms with Crippen LogP contribution in [-0.4, -0.2) is 42.9 Å². The molecule has 1 aliphatic heterocycles. The standard InChI is InChI=1S/C14H23N3O2/c1-3-15-13(11-4-6-19-7-5-11)8-12-9-14(18-2)17-10-16-12/h9-11,13,15H,3-8H2,1-2H3. The summed E-state index contributed by atoms with van der Waals surface area (Å²) in [6, 6.07) is 2.37. The second-order valence-corrected chi connectivity index (χ2v) is 4.87. The first kappa shape index (κ1) is 14.2. The van der Waals surface area contributed by atoms with Gasteiger partial charge in [0.1, 0.15) is 6.33 Å². The Labute approximate surface area is 114 Å². The van der Waals surface area contributed by atoms with Gasteiger partial charge in [0.15, 0.2) is 0 Å². The first-order valence-corrected chi connectivity index (χ1v) is 6.99. The van der Waals surface area contributed by atoms with Crippen LogP contribution in [0.2, 0.25) is 0 Å². The smallest absolute Gasteiger partial charge is 0.216 e. The van der Waals surface area contributed by atoms with Crippen molar-refractivity contribution >= 4 is 0 Å². The molecular formula is C14H23N3O2. The Bertz CT molecular complexity index is 381. The molecule has 1 saturated heterocycles. The minimum atomic E-state index is 0.452. The molecule has 5 heteroatoms. The molecule has 0 saturated carbocycles. The largest absolute Gasteiger partial charge is 0.481 e. The van der Waals surface area contributed by atoms with Gasteiger partial charge in [0.2, 0.25) is 5.88 Å². The molecule has 1 atom stereocenters. The zero-order chi connectivity index (χ0) is 13.5. The molecule has 106 valence electrons. The van der Waals surface area contributed by atoms with Crippen LogP contribution >= 0.6 is 0 Å². The lowest BCUT2D eigenvalue weighted by Crippen LogP contribution is -2.40. The van der Waals surface area contributed by atoms with Gasteiger partial charge in [-0.1, -0.05) is 6.92 Å². The summed E-state index contributed by atoms with van der Waals surface area (Å²) in [7, 11) is 1.63. The second kappa shape index (κ2) is 7.40. The van der Waals surface area contributed by atoms with Crippen LogP contribution in [0.4, 0.5) is 0 Å². The van der Waals surface area contributed by atoms with Crippen molar-refractivity contribution in [2.75, 3.05) is 26.9 Å². The Morgan fingerprint density at radius 3 is 2.89 bits per heavy atom. The summed E-state index contributed by atoms with van der Waals surface area (Å²) in [4.78, 5) is 8.39. The van der Waals surface area contributed by atoms with Crippen molar-refractivity contribution in [3.63, 3.8) is 0 Å². The molecule has 1 aromatic heterocycles. The monoisotopic (exact) mass is 265 g/mol. The molecule has 5 nitrogen and oxygen atoms in total. The van der Waals surface area contributed by atoms with Gasteiger partial charge in [0, 0.05) is 37.4 Å². The van der Waals surface area contributed by atoms with Crippen LogP contribution in [0.25, 0.3) is 0 Å². The third-order valence-electron chi connectivity index (χ3n) is 3.64. The van der Waals surface area contributed by atoms with E-state index in [9.17, 15) is 0 Å². The van der Waals surface area contributed by atoms with E-state index in [-0.39, 0.29) is 0 Å². The van der Waals surface area contributed by atoms with E-state index < -0.39 is 0 Å². The number of hydrogen-bond acceptors (Lipinski definition) is 5. The summed E-state index contributed by atoms with van der Waals surface area (Å²) < 4.78 is 10.6. The van der Waals surface area contributed by atoms with Gasteiger partial charge in [0.25, 0.3) is 0 Å². The summed E-state index contributed by atoms with van der Waals surface area (Å²) in [6.07, 6.45) is 4.73. The molecule has 1 aliphatic rings. The van der Waals surface area contributed by atoms with E-state index in [0.717, 1.165) is 44.7 Å². The van der Waals surface area contributed by atoms with E-state index in [1.165, 1.54) is 0 Å². The van der Waals surface area contributed by atoms with Crippen molar-refractivity contribution in [2.45, 2.75) is 32.2 Å². The van der Waals surface area contributed by atoms with Crippen molar-refractivity contribution in [3.05, 3.63) is 18.1 Å². The lowest BCUT2D eigenvalue weighted by Gasteiger charge is -2.30. The summed E-state index contributed by atoms with van der Waals surface area (Å²) in [5.41, 5.74) is 1.03. The van der Waals surface area contributed by atoms with Gasteiger partial charge in [-0.3, -0.25) is 0 Å². The van der Waals surface area contributed by atoms with Crippen LogP contribution in [-0.2, 0) is 11.2 Å². The molecule has 0 spiro atoms. The minimum Gasteiger partial charge on any atom is -0.481 e. The van der Waals surface area contributed by atoms with Crippen LogP contribution in [0, 0.1) is 5.92 Å². The van der Waals surface area contributed by atoms with Crippen LogP contribution in [0.1, 0.15) is 25.5 Å². The lowest BCUT2D eigenvalue weighted by molar-refractivity contribution is 0.0538. The molecule has 1 unspecified atom stereocenters. The van der Waals surface area contributed by atoms with Gasteiger partial charge < -0.3 is 14.8 Å². The van der Waals surface area contributed by atoms with Gasteiger partial charge in [-0.2, -0.15) is 0 Å². The molecule has 2 rings (SSSR count). The van der Waals surface area contributed by atoms with E-state index in [2.05, 4.69) is 22.2 Å². The number of aromatic nitrogens is 2. The SMILES string of the molecule is CCNC(Cc1cc(OC)ncn1)C1CCOCC1. The Hall–Kier alpha value is -1.20. The first-order chi connectivity index (χ1) is 9.33. The maximum Gasteiger partial charge on any atom is 0.216 e. The van der Waals surface area contributed by atoms with E-state index in [1.54, 1.807) is 13.4 Å². The zero-order valence-corrected chi connectivity index (χ0v) is 11.8. The molecule has 19 heavy (non-hydrogen) atoms. The van der Waals surface area contributed by atoms with Gasteiger partial charge in [-0.25, -0.2) is 9.97 Å². The molecule has 0 radical (unpaired) electrons. The summed E-state index contributed by atoms with van der Waals surface area (Å²) in [5, 5.41) is 3.58. The van der Waals surface area contributed by atoms with Crippen LogP contribution < -0.4 is 10.1 Å². The molecule has 1 fully saturated rings. The van der Waals surface area contributed by atoms with Crippen LogP contribution in [0.3, 0.4) is 0 Å². The number of likely N-dealkylation sites (N-methyl/N-ethyl adjacent to an activating group) is 1. The average Bonchev–Trinajstić information content (AvgIpc) is 2.48. The van der Waals surface area contributed by atoms with Crippen molar-refractivity contribution < 1.29 is 9.47 Å². The molecule has 0 amide bonds. The fraction of sp³-hybridized carbons (Fsp3) is 0.714. The molecule has 0 aromatic carbocycles. The van der Waals surface area contributed by atoms with E-state index in [4.69, 9.17) is 9.47 Å². The van der Waals surface area contributed by atoms with Gasteiger partial charge in [-0.05, 0) is 25.3 Å². The number of nitrogens with one attached hydrogen (secondary N) is 1. The molecule has 1 aromatic rings. The average molecular weight is 265 g/mol. The van der Waals surface area contributed by atoms with Crippen molar-refractivity contribution in [3.8, 4) is 5.88 Å². The topological polar surface area (TPSA) is 56.3 Å². The fourth-order valence-electron chi connectivity index (χ4n) is 2.61. The third kappa shape index (κ3) is 4.14. The van der Waals surface area contributed by atoms with Crippen LogP contribution in [0.5, 0.6) is 5.88 Å². The maximum atomic E-state index is 5.44. The number of methoxy groups -OCH3 is 1. The third-order valence-corrected chi connectivity index (χ3v) is 3.64. The predicted molar refractivity (Wildman–Crippen MR) is 73.3 cm³/mol. The van der Waals surface area contributed by atoms with Crippen molar-refractivity contribution in [1.29, 1.82) is 0 Å². The number of ether oxygens (including phenoxy) is 2. The highest BCUT2D eigenvalue weighted by Gasteiger charge is 2.24. The summed E-state index contributed by atoms with van der Waals surface area (Å²) >= 11 is 0. The van der Waals surface area contributed by atoms with E-state index in [1.807, 2.05) is 6.07 Å². The van der Waals surface area contributed by atoms with Crippen molar-refractivity contribution in [2.24, 2.45) is 5.92 Å². The van der Waals surface area contributed by atoms with Gasteiger partial charge in [0.05, 0.1) is 7.11 Å². The maximum absolute atomic E-state index is 5.44. The normalized spacial score (nSPS) is 18.2. The highest BCUT2D eigenvalue weighted by atomic mass is 16.5. The molecule has 0 aliphatic carbocycles. The fourth-order valence-corrected chi connectivity index (χ4v) is 2.61. The van der Waals surface area contributed by atoms with Gasteiger partial charge >= 0.3 is 0 Å². The second-order valence-electron chi connectivity index (χ2n) is 4.87. The molecule has 0 bridgehead atoms. The summed E-state index contributed by atoms with van der Waals surface area (Å²) in [6.45, 7) is 4.87. The van der Waals surface area contributed by atoms with Crippen LogP contribution in [0.15, 0.2) is 12.4 Å². The molecular weight excluding hydrogens is 242 g/mol. The Morgan fingerprint density at radius 1 is 1.42 bits per heavy atom. The number of hydrogen-bond donors (Lipinski definition) is 1. The highest BCUT2D eigenvalue weighted by molar-refractivity contribution is 5.14. The van der Waals surface area contributed by atoms with Crippen molar-refractivity contribution in [1.82, 2.24) is 15.3 Å². The zero-order valence-electron chi connectivity index (χ0n) is 11.8. The Balaban J connectivity index is 2.01. The first-order valence-electron chi connectivity index (χ1n) is 6.99.